The van der Waals surface area contributed by atoms with Crippen LogP contribution >= 0.6 is 46.4 Å². The molecule has 0 aliphatic rings. The first-order chi connectivity index (χ1) is 11.5. The number of thiocarbonyl (C=S) groups is 1. The molecule has 24 heavy (non-hydrogen) atoms. The molecule has 0 aliphatic carbocycles. The van der Waals surface area contributed by atoms with Gasteiger partial charge >= 0.3 is 0 Å². The summed E-state index contributed by atoms with van der Waals surface area (Å²) >= 11 is 13.4. The molecule has 0 fully saturated rings. The predicted molar refractivity (Wildman–Crippen MR) is 110 cm³/mol. The average Bonchev–Trinajstić information content (AvgIpc) is 2.57. The largest absolute Gasteiger partial charge is 0.332 e. The zero-order valence-electron chi connectivity index (χ0n) is 12.2. The van der Waals surface area contributed by atoms with Gasteiger partial charge in [-0.2, -0.15) is 0 Å². The Bertz CT molecular complexity index is 943. The number of benzene rings is 2. The van der Waals surface area contributed by atoms with E-state index in [0.29, 0.717) is 10.6 Å². The molecule has 4 nitrogen and oxygen atoms in total. The molecule has 0 aliphatic heterocycles. The van der Waals surface area contributed by atoms with Crippen molar-refractivity contribution in [2.75, 3.05) is 5.32 Å². The molecule has 1 heterocycles. The Morgan fingerprint density at radius 3 is 2.83 bits per heavy atom. The van der Waals surface area contributed by atoms with Crippen LogP contribution in [-0.4, -0.2) is 16.0 Å². The first kappa shape index (κ1) is 17.1. The lowest BCUT2D eigenvalue weighted by atomic mass is 10.2. The Morgan fingerprint density at radius 2 is 2.00 bits per heavy atom. The molecule has 3 aromatic rings. The van der Waals surface area contributed by atoms with Gasteiger partial charge in [-0.15, -0.1) is 0 Å². The zero-order valence-corrected chi connectivity index (χ0v) is 15.9. The van der Waals surface area contributed by atoms with Gasteiger partial charge in [0.1, 0.15) is 0 Å². The zero-order chi connectivity index (χ0) is 17.1. The Hall–Kier alpha value is -1.77. The smallest absolute Gasteiger partial charge is 0.258 e. The van der Waals surface area contributed by atoms with Crippen molar-refractivity contribution in [1.29, 1.82) is 0 Å². The lowest BCUT2D eigenvalue weighted by molar-refractivity contribution is 0.0978. The second-order valence-corrected chi connectivity index (χ2v) is 6.97. The normalized spacial score (nSPS) is 10.4. The molecule has 1 amide bonds. The summed E-state index contributed by atoms with van der Waals surface area (Å²) in [7, 11) is 0. The minimum atomic E-state index is -0.352. The van der Waals surface area contributed by atoms with Gasteiger partial charge in [0.2, 0.25) is 0 Å². The number of hydrogen-bond acceptors (Lipinski definition) is 3. The monoisotopic (exact) mass is 467 g/mol. The molecule has 0 radical (unpaired) electrons. The van der Waals surface area contributed by atoms with Crippen molar-refractivity contribution in [1.82, 2.24) is 10.3 Å². The minimum Gasteiger partial charge on any atom is -0.332 e. The maximum Gasteiger partial charge on any atom is 0.258 e. The van der Waals surface area contributed by atoms with Crippen LogP contribution in [0.5, 0.6) is 0 Å². The highest BCUT2D eigenvalue weighted by atomic mass is 127. The third kappa shape index (κ3) is 3.82. The van der Waals surface area contributed by atoms with Crippen LogP contribution in [-0.2, 0) is 0 Å². The molecule has 0 bridgehead atoms. The van der Waals surface area contributed by atoms with E-state index in [2.05, 4.69) is 38.2 Å². The van der Waals surface area contributed by atoms with E-state index in [-0.39, 0.29) is 11.0 Å². The first-order valence-electron chi connectivity index (χ1n) is 6.96. The quantitative estimate of drug-likeness (QED) is 0.427. The van der Waals surface area contributed by atoms with Crippen LogP contribution in [0.4, 0.5) is 5.69 Å². The summed E-state index contributed by atoms with van der Waals surface area (Å²) in [5.41, 5.74) is 2.00. The number of carbonyl (C=O) groups is 1. The molecule has 0 spiro atoms. The molecule has 2 aromatic carbocycles. The summed E-state index contributed by atoms with van der Waals surface area (Å²) in [5, 5.41) is 7.19. The van der Waals surface area contributed by atoms with E-state index in [1.54, 1.807) is 18.3 Å². The van der Waals surface area contributed by atoms with Crippen LogP contribution in [0.25, 0.3) is 10.9 Å². The van der Waals surface area contributed by atoms with Crippen LogP contribution < -0.4 is 10.6 Å². The summed E-state index contributed by atoms with van der Waals surface area (Å²) in [6.45, 7) is 0. The van der Waals surface area contributed by atoms with Gasteiger partial charge in [0, 0.05) is 20.8 Å². The Labute approximate surface area is 162 Å². The number of pyridine rings is 1. The number of halogens is 2. The second-order valence-electron chi connectivity index (χ2n) is 4.91. The van der Waals surface area contributed by atoms with Gasteiger partial charge in [-0.3, -0.25) is 15.1 Å². The highest BCUT2D eigenvalue weighted by Gasteiger charge is 2.13. The lowest BCUT2D eigenvalue weighted by Crippen LogP contribution is -2.34. The number of rotatable bonds is 2. The van der Waals surface area contributed by atoms with E-state index in [9.17, 15) is 4.79 Å². The van der Waals surface area contributed by atoms with Crippen molar-refractivity contribution < 1.29 is 4.79 Å². The highest BCUT2D eigenvalue weighted by molar-refractivity contribution is 14.1. The number of hydrogen-bond donors (Lipinski definition) is 2. The summed E-state index contributed by atoms with van der Waals surface area (Å²) in [5.74, 6) is -0.352. The van der Waals surface area contributed by atoms with Crippen molar-refractivity contribution in [3.05, 3.63) is 68.9 Å². The Morgan fingerprint density at radius 1 is 1.17 bits per heavy atom. The van der Waals surface area contributed by atoms with E-state index in [4.69, 9.17) is 23.8 Å². The van der Waals surface area contributed by atoms with Gasteiger partial charge in [0.25, 0.3) is 5.91 Å². The summed E-state index contributed by atoms with van der Waals surface area (Å²) in [6, 6.07) is 14.7. The second kappa shape index (κ2) is 7.42. The molecule has 1 aromatic heterocycles. The number of anilines is 1. The van der Waals surface area contributed by atoms with Crippen molar-refractivity contribution in [2.24, 2.45) is 0 Å². The van der Waals surface area contributed by atoms with Crippen molar-refractivity contribution in [2.45, 2.75) is 0 Å². The molecular weight excluding hydrogens is 457 g/mol. The number of nitrogens with one attached hydrogen (secondary N) is 2. The fourth-order valence-electron chi connectivity index (χ4n) is 2.21. The molecular formula is C17H11ClIN3OS. The lowest BCUT2D eigenvalue weighted by Gasteiger charge is -2.12. The van der Waals surface area contributed by atoms with Crippen LogP contribution in [0.1, 0.15) is 10.4 Å². The number of carbonyl (C=O) groups excluding carboxylic acids is 1. The minimum absolute atomic E-state index is 0.200. The summed E-state index contributed by atoms with van der Waals surface area (Å²) in [6.07, 6.45) is 1.73. The number of amides is 1. The molecule has 0 saturated carbocycles. The molecule has 7 heteroatoms. The molecule has 3 rings (SSSR count). The van der Waals surface area contributed by atoms with Gasteiger partial charge in [0.15, 0.2) is 5.11 Å². The van der Waals surface area contributed by atoms with Crippen LogP contribution in [0, 0.1) is 3.57 Å². The maximum absolute atomic E-state index is 12.3. The number of nitrogens with zero attached hydrogens (tertiary/aromatic N) is 1. The van der Waals surface area contributed by atoms with Crippen LogP contribution in [0.3, 0.4) is 0 Å². The van der Waals surface area contributed by atoms with E-state index in [0.717, 1.165) is 20.2 Å². The number of fused-ring (bicyclic) bond motifs is 1. The summed E-state index contributed by atoms with van der Waals surface area (Å²) < 4.78 is 0.918. The fraction of sp³-hybridized carbons (Fsp3) is 0. The Kier molecular flexibility index (Phi) is 5.27. The van der Waals surface area contributed by atoms with E-state index >= 15 is 0 Å². The third-order valence-corrected chi connectivity index (χ3v) is 4.50. The maximum atomic E-state index is 12.3. The molecule has 0 unspecified atom stereocenters. The highest BCUT2D eigenvalue weighted by Crippen LogP contribution is 2.22. The van der Waals surface area contributed by atoms with E-state index in [1.807, 2.05) is 36.4 Å². The van der Waals surface area contributed by atoms with Crippen LogP contribution in [0.15, 0.2) is 54.7 Å². The van der Waals surface area contributed by atoms with Crippen molar-refractivity contribution >= 4 is 74.0 Å². The van der Waals surface area contributed by atoms with Gasteiger partial charge in [-0.1, -0.05) is 17.7 Å². The molecule has 2 N–H and O–H groups in total. The van der Waals surface area contributed by atoms with Crippen molar-refractivity contribution in [3.8, 4) is 0 Å². The summed E-state index contributed by atoms with van der Waals surface area (Å²) in [4.78, 5) is 16.6. The third-order valence-electron chi connectivity index (χ3n) is 3.29. The van der Waals surface area contributed by atoms with Crippen molar-refractivity contribution in [3.63, 3.8) is 0 Å². The van der Waals surface area contributed by atoms with Gasteiger partial charge in [-0.05, 0) is 77.3 Å². The number of aromatic nitrogens is 1. The first-order valence-corrected chi connectivity index (χ1v) is 8.82. The topological polar surface area (TPSA) is 54.0 Å². The average molecular weight is 468 g/mol. The molecule has 0 atom stereocenters. The van der Waals surface area contributed by atoms with Gasteiger partial charge < -0.3 is 5.32 Å². The standard InChI is InChI=1S/C17H11ClIN3OS/c18-13-7-6-10(19)9-12(13)16(23)22-17(24)21-15-5-1-4-14-11(15)3-2-8-20-14/h1-9H,(H2,21,22,23,24). The molecule has 120 valence electrons. The van der Waals surface area contributed by atoms with Gasteiger partial charge in [0.05, 0.1) is 16.1 Å². The van der Waals surface area contributed by atoms with Crippen LogP contribution in [0.2, 0.25) is 5.02 Å². The van der Waals surface area contributed by atoms with E-state index < -0.39 is 0 Å². The SMILES string of the molecule is O=C(NC(=S)Nc1cccc2ncccc12)c1cc(I)ccc1Cl. The molecule has 0 saturated heterocycles. The van der Waals surface area contributed by atoms with E-state index in [1.165, 1.54) is 0 Å². The predicted octanol–water partition coefficient (Wildman–Crippen LogP) is 4.62. The van der Waals surface area contributed by atoms with Gasteiger partial charge in [-0.25, -0.2) is 0 Å². The fourth-order valence-corrected chi connectivity index (χ4v) is 3.11. The Balaban J connectivity index is 1.78.